The van der Waals surface area contributed by atoms with Gasteiger partial charge < -0.3 is 20.3 Å². The second kappa shape index (κ2) is 9.28. The summed E-state index contributed by atoms with van der Waals surface area (Å²) in [5, 5.41) is 5.88. The molecule has 0 aliphatic carbocycles. The van der Waals surface area contributed by atoms with Crippen LogP contribution in [0.5, 0.6) is 0 Å². The van der Waals surface area contributed by atoms with Gasteiger partial charge in [-0.05, 0) is 18.6 Å². The van der Waals surface area contributed by atoms with Crippen LogP contribution in [0.4, 0.5) is 5.82 Å². The number of nitrogens with zero attached hydrogens (tertiary/aromatic N) is 2. The van der Waals surface area contributed by atoms with E-state index in [1.807, 2.05) is 30.2 Å². The average molecular weight is 280 g/mol. The summed E-state index contributed by atoms with van der Waals surface area (Å²) in [5.74, 6) is 0.802. The van der Waals surface area contributed by atoms with Crippen LogP contribution >= 0.6 is 0 Å². The zero-order valence-corrected chi connectivity index (χ0v) is 12.5. The van der Waals surface area contributed by atoms with Gasteiger partial charge in [0.15, 0.2) is 0 Å². The number of nitrogens with one attached hydrogen (secondary N) is 2. The summed E-state index contributed by atoms with van der Waals surface area (Å²) in [7, 11) is 3.32. The molecule has 2 N–H and O–H groups in total. The van der Waals surface area contributed by atoms with E-state index in [0.717, 1.165) is 31.0 Å². The van der Waals surface area contributed by atoms with E-state index >= 15 is 0 Å². The fourth-order valence-electron chi connectivity index (χ4n) is 1.72. The molecule has 0 atom stereocenters. The summed E-state index contributed by atoms with van der Waals surface area (Å²) in [4.78, 5) is 17.8. The van der Waals surface area contributed by atoms with Gasteiger partial charge in [-0.25, -0.2) is 4.98 Å². The van der Waals surface area contributed by atoms with Gasteiger partial charge in [0.05, 0.1) is 13.2 Å². The predicted octanol–water partition coefficient (Wildman–Crippen LogP) is 0.390. The molecular formula is C14H24N4O2. The first kappa shape index (κ1) is 16.4. The van der Waals surface area contributed by atoms with Crippen LogP contribution in [0.25, 0.3) is 0 Å². The Morgan fingerprint density at radius 2 is 2.25 bits per heavy atom. The number of methoxy groups -OCH3 is 1. The molecule has 112 valence electrons. The highest BCUT2D eigenvalue weighted by Crippen LogP contribution is 2.10. The molecule has 0 saturated carbocycles. The smallest absolute Gasteiger partial charge is 0.239 e. The first-order chi connectivity index (χ1) is 9.71. The molecule has 1 amide bonds. The Balaban J connectivity index is 2.53. The molecule has 0 aliphatic rings. The van der Waals surface area contributed by atoms with Crippen molar-refractivity contribution in [2.45, 2.75) is 13.5 Å². The third-order valence-electron chi connectivity index (χ3n) is 2.94. The molecule has 1 heterocycles. The maximum absolute atomic E-state index is 11.4. The van der Waals surface area contributed by atoms with Crippen LogP contribution in [0.3, 0.4) is 0 Å². The molecule has 6 heteroatoms. The van der Waals surface area contributed by atoms with Crippen LogP contribution in [0.15, 0.2) is 18.3 Å². The lowest BCUT2D eigenvalue weighted by Gasteiger charge is -2.21. The van der Waals surface area contributed by atoms with Gasteiger partial charge in [-0.2, -0.15) is 0 Å². The lowest BCUT2D eigenvalue weighted by Crippen LogP contribution is -2.36. The molecular weight excluding hydrogens is 256 g/mol. The van der Waals surface area contributed by atoms with Crippen molar-refractivity contribution in [3.63, 3.8) is 0 Å². The normalized spacial score (nSPS) is 10.3. The minimum absolute atomic E-state index is 0.0149. The van der Waals surface area contributed by atoms with Gasteiger partial charge in [0, 0.05) is 40.0 Å². The number of anilines is 1. The van der Waals surface area contributed by atoms with Crippen molar-refractivity contribution in [3.8, 4) is 0 Å². The second-order valence-corrected chi connectivity index (χ2v) is 4.38. The van der Waals surface area contributed by atoms with Crippen molar-refractivity contribution in [1.82, 2.24) is 15.6 Å². The summed E-state index contributed by atoms with van der Waals surface area (Å²) in [6.45, 7) is 5.34. The van der Waals surface area contributed by atoms with Gasteiger partial charge in [-0.3, -0.25) is 4.79 Å². The number of hydrogen-bond donors (Lipinski definition) is 2. The third-order valence-corrected chi connectivity index (χ3v) is 2.94. The van der Waals surface area contributed by atoms with Gasteiger partial charge in [0.2, 0.25) is 5.91 Å². The largest absolute Gasteiger partial charge is 0.383 e. The van der Waals surface area contributed by atoms with Crippen LogP contribution in [0, 0.1) is 0 Å². The molecule has 0 fully saturated rings. The molecule has 0 unspecified atom stereocenters. The maximum Gasteiger partial charge on any atom is 0.239 e. The van der Waals surface area contributed by atoms with E-state index in [9.17, 15) is 4.79 Å². The topological polar surface area (TPSA) is 66.5 Å². The molecule has 0 bridgehead atoms. The number of rotatable bonds is 9. The van der Waals surface area contributed by atoms with Crippen molar-refractivity contribution >= 4 is 11.7 Å². The first-order valence-corrected chi connectivity index (χ1v) is 6.81. The van der Waals surface area contributed by atoms with Crippen LogP contribution in [0.2, 0.25) is 0 Å². The van der Waals surface area contributed by atoms with E-state index in [1.165, 1.54) is 0 Å². The average Bonchev–Trinajstić information content (AvgIpc) is 2.49. The van der Waals surface area contributed by atoms with Gasteiger partial charge >= 0.3 is 0 Å². The Bertz CT molecular complexity index is 395. The molecule has 6 nitrogen and oxygen atoms in total. The highest BCUT2D eigenvalue weighted by molar-refractivity contribution is 5.80. The van der Waals surface area contributed by atoms with Crippen molar-refractivity contribution in [2.24, 2.45) is 0 Å². The van der Waals surface area contributed by atoms with E-state index in [-0.39, 0.29) is 5.91 Å². The number of ether oxygens (including phenoxy) is 1. The molecule has 0 radical (unpaired) electrons. The van der Waals surface area contributed by atoms with E-state index in [0.29, 0.717) is 13.2 Å². The van der Waals surface area contributed by atoms with Crippen molar-refractivity contribution in [2.75, 3.05) is 45.3 Å². The van der Waals surface area contributed by atoms with Gasteiger partial charge in [0.1, 0.15) is 5.82 Å². The number of aromatic nitrogens is 1. The van der Waals surface area contributed by atoms with E-state index < -0.39 is 0 Å². The Hall–Kier alpha value is -1.66. The van der Waals surface area contributed by atoms with Crippen molar-refractivity contribution in [3.05, 3.63) is 23.9 Å². The first-order valence-electron chi connectivity index (χ1n) is 6.81. The number of pyridine rings is 1. The Labute approximate surface area is 120 Å². The van der Waals surface area contributed by atoms with E-state index in [2.05, 4.69) is 15.6 Å². The number of hydrogen-bond acceptors (Lipinski definition) is 5. The molecule has 20 heavy (non-hydrogen) atoms. The Kier molecular flexibility index (Phi) is 7.60. The summed E-state index contributed by atoms with van der Waals surface area (Å²) in [6, 6.07) is 3.97. The summed E-state index contributed by atoms with van der Waals surface area (Å²) in [5.41, 5.74) is 1.11. The zero-order valence-electron chi connectivity index (χ0n) is 12.5. The highest BCUT2D eigenvalue weighted by atomic mass is 16.5. The molecule has 0 aromatic carbocycles. The highest BCUT2D eigenvalue weighted by Gasteiger charge is 2.09. The fraction of sp³-hybridized carbons (Fsp3) is 0.571. The minimum atomic E-state index is -0.0149. The van der Waals surface area contributed by atoms with E-state index in [1.54, 1.807) is 14.2 Å². The monoisotopic (exact) mass is 280 g/mol. The molecule has 1 aromatic heterocycles. The standard InChI is InChI=1S/C14H24N4O2/c1-4-18(11-14(19)15-2)13-6-5-12(10-17-13)9-16-7-8-20-3/h5-6,10,16H,4,7-9,11H2,1-3H3,(H,15,19). The van der Waals surface area contributed by atoms with Gasteiger partial charge in [-0.15, -0.1) is 0 Å². The zero-order chi connectivity index (χ0) is 14.8. The SMILES string of the molecule is CCN(CC(=O)NC)c1ccc(CNCCOC)cn1. The third kappa shape index (κ3) is 5.54. The fourth-order valence-corrected chi connectivity index (χ4v) is 1.72. The number of carbonyl (C=O) groups is 1. The van der Waals surface area contributed by atoms with Gasteiger partial charge in [-0.1, -0.05) is 6.07 Å². The lowest BCUT2D eigenvalue weighted by atomic mass is 10.2. The van der Waals surface area contributed by atoms with Crippen molar-refractivity contribution < 1.29 is 9.53 Å². The molecule has 0 spiro atoms. The van der Waals surface area contributed by atoms with Crippen molar-refractivity contribution in [1.29, 1.82) is 0 Å². The predicted molar refractivity (Wildman–Crippen MR) is 79.8 cm³/mol. The van der Waals surface area contributed by atoms with E-state index in [4.69, 9.17) is 4.74 Å². The maximum atomic E-state index is 11.4. The summed E-state index contributed by atoms with van der Waals surface area (Å²) >= 11 is 0. The van der Waals surface area contributed by atoms with Crippen LogP contribution in [0.1, 0.15) is 12.5 Å². The number of likely N-dealkylation sites (N-methyl/N-ethyl adjacent to an activating group) is 2. The van der Waals surface area contributed by atoms with Crippen LogP contribution in [-0.2, 0) is 16.1 Å². The number of carbonyl (C=O) groups excluding carboxylic acids is 1. The molecule has 0 aliphatic heterocycles. The molecule has 0 saturated heterocycles. The van der Waals surface area contributed by atoms with Crippen LogP contribution in [-0.4, -0.2) is 51.3 Å². The minimum Gasteiger partial charge on any atom is -0.383 e. The molecule has 1 aromatic rings. The number of amides is 1. The Morgan fingerprint density at radius 1 is 1.45 bits per heavy atom. The second-order valence-electron chi connectivity index (χ2n) is 4.38. The quantitative estimate of drug-likeness (QED) is 0.641. The lowest BCUT2D eigenvalue weighted by molar-refractivity contribution is -0.119. The Morgan fingerprint density at radius 3 is 2.80 bits per heavy atom. The van der Waals surface area contributed by atoms with Crippen LogP contribution < -0.4 is 15.5 Å². The molecule has 1 rings (SSSR count). The summed E-state index contributed by atoms with van der Waals surface area (Å²) in [6.07, 6.45) is 1.83. The summed E-state index contributed by atoms with van der Waals surface area (Å²) < 4.78 is 4.97. The van der Waals surface area contributed by atoms with Gasteiger partial charge in [0.25, 0.3) is 0 Å².